The molecular formula is C14H26NO14P. The van der Waals surface area contributed by atoms with Crippen LogP contribution < -0.4 is 5.32 Å². The van der Waals surface area contributed by atoms with Gasteiger partial charge in [0.1, 0.15) is 48.8 Å². The molecule has 0 bridgehead atoms. The molecule has 11 atom stereocenters. The number of carbonyl (C=O) groups is 1. The van der Waals surface area contributed by atoms with Gasteiger partial charge in [0.15, 0.2) is 12.6 Å². The van der Waals surface area contributed by atoms with Crippen molar-refractivity contribution in [2.75, 3.05) is 13.2 Å². The van der Waals surface area contributed by atoms with Crippen LogP contribution in [0.1, 0.15) is 6.92 Å². The van der Waals surface area contributed by atoms with Crippen LogP contribution in [-0.4, -0.2) is 121 Å². The molecule has 2 unspecified atom stereocenters. The number of hydrogen-bond acceptors (Lipinski definition) is 13. The van der Waals surface area contributed by atoms with Crippen molar-refractivity contribution < 1.29 is 68.5 Å². The Hall–Kier alpha value is -0.780. The summed E-state index contributed by atoms with van der Waals surface area (Å²) in [6.45, 7) is -0.611. The van der Waals surface area contributed by atoms with Gasteiger partial charge < -0.3 is 55.4 Å². The van der Waals surface area contributed by atoms with E-state index >= 15 is 0 Å². The smallest absolute Gasteiger partial charge is 0.394 e. The predicted octanol–water partition coefficient (Wildman–Crippen LogP) is -5.14. The second kappa shape index (κ2) is 10.2. The summed E-state index contributed by atoms with van der Waals surface area (Å²) in [4.78, 5) is 21.3. The quantitative estimate of drug-likeness (QED) is 0.160. The SMILES string of the molecule is CC(=O)N[C@H]1[C@@H](OP(=O)(O)OC[C@H]2OC(O)[C@@H](O)[C@@H](O)[C@@H]2O)O[C@H](CO)[C@@H](O)[C@@H]1O. The zero-order chi connectivity index (χ0) is 22.8. The molecule has 0 aromatic carbocycles. The van der Waals surface area contributed by atoms with Gasteiger partial charge in [-0.05, 0) is 0 Å². The highest BCUT2D eigenvalue weighted by molar-refractivity contribution is 7.47. The first-order chi connectivity index (χ1) is 13.9. The molecule has 2 aliphatic rings. The molecule has 9 N–H and O–H groups in total. The highest BCUT2D eigenvalue weighted by Gasteiger charge is 2.49. The lowest BCUT2D eigenvalue weighted by Gasteiger charge is -2.42. The summed E-state index contributed by atoms with van der Waals surface area (Å²) in [6, 6.07) is -1.51. The summed E-state index contributed by atoms with van der Waals surface area (Å²) in [5, 5.41) is 69.7. The predicted molar refractivity (Wildman–Crippen MR) is 91.1 cm³/mol. The van der Waals surface area contributed by atoms with Crippen molar-refractivity contribution in [2.45, 2.75) is 68.3 Å². The van der Waals surface area contributed by atoms with Crippen molar-refractivity contribution in [3.8, 4) is 0 Å². The van der Waals surface area contributed by atoms with E-state index in [9.17, 15) is 50.0 Å². The van der Waals surface area contributed by atoms with Crippen molar-refractivity contribution >= 4 is 13.7 Å². The number of phosphoric ester groups is 1. The lowest BCUT2D eigenvalue weighted by atomic mass is 9.97. The average Bonchev–Trinajstić information content (AvgIpc) is 2.67. The van der Waals surface area contributed by atoms with E-state index in [0.29, 0.717) is 0 Å². The fourth-order valence-electron chi connectivity index (χ4n) is 2.96. The minimum atomic E-state index is -5.04. The molecule has 2 rings (SSSR count). The van der Waals surface area contributed by atoms with Crippen molar-refractivity contribution in [3.05, 3.63) is 0 Å². The van der Waals surface area contributed by atoms with Gasteiger partial charge in [-0.15, -0.1) is 0 Å². The number of aliphatic hydroxyl groups excluding tert-OH is 7. The molecule has 2 fully saturated rings. The maximum absolute atomic E-state index is 12.3. The molecule has 2 aliphatic heterocycles. The average molecular weight is 463 g/mol. The molecule has 2 heterocycles. The number of aliphatic hydroxyl groups is 7. The van der Waals surface area contributed by atoms with Crippen LogP contribution in [0.2, 0.25) is 0 Å². The van der Waals surface area contributed by atoms with Crippen LogP contribution in [0.15, 0.2) is 0 Å². The van der Waals surface area contributed by atoms with E-state index in [1.807, 2.05) is 0 Å². The Morgan fingerprint density at radius 2 is 1.57 bits per heavy atom. The molecule has 1 amide bonds. The van der Waals surface area contributed by atoms with E-state index in [2.05, 4.69) is 9.84 Å². The van der Waals surface area contributed by atoms with Gasteiger partial charge in [-0.1, -0.05) is 0 Å². The normalized spacial score (nSPS) is 44.3. The van der Waals surface area contributed by atoms with E-state index in [-0.39, 0.29) is 0 Å². The molecule has 0 radical (unpaired) electrons. The van der Waals surface area contributed by atoms with Crippen LogP contribution in [-0.2, 0) is 27.9 Å². The molecular weight excluding hydrogens is 437 g/mol. The fraction of sp³-hybridized carbons (Fsp3) is 0.929. The Morgan fingerprint density at radius 1 is 0.967 bits per heavy atom. The number of rotatable bonds is 7. The van der Waals surface area contributed by atoms with Gasteiger partial charge in [0.2, 0.25) is 5.91 Å². The summed E-state index contributed by atoms with van der Waals surface area (Å²) in [6.07, 6.45) is -15.5. The van der Waals surface area contributed by atoms with Crippen LogP contribution in [0, 0.1) is 0 Å². The zero-order valence-corrected chi connectivity index (χ0v) is 16.6. The van der Waals surface area contributed by atoms with Crippen molar-refractivity contribution in [2.24, 2.45) is 0 Å². The topological polar surface area (TPSA) is 245 Å². The third-order valence-corrected chi connectivity index (χ3v) is 5.53. The van der Waals surface area contributed by atoms with E-state index in [1.54, 1.807) is 0 Å². The van der Waals surface area contributed by atoms with Gasteiger partial charge in [0.05, 0.1) is 13.2 Å². The van der Waals surface area contributed by atoms with Crippen LogP contribution in [0.4, 0.5) is 0 Å². The molecule has 0 spiro atoms. The number of amides is 1. The minimum absolute atomic E-state index is 0.695. The van der Waals surface area contributed by atoms with E-state index in [1.165, 1.54) is 0 Å². The lowest BCUT2D eigenvalue weighted by molar-refractivity contribution is -0.286. The summed E-state index contributed by atoms with van der Waals surface area (Å²) in [7, 11) is -5.04. The monoisotopic (exact) mass is 463 g/mol. The van der Waals surface area contributed by atoms with Crippen LogP contribution in [0.3, 0.4) is 0 Å². The van der Waals surface area contributed by atoms with Gasteiger partial charge in [-0.2, -0.15) is 0 Å². The Balaban J connectivity index is 2.05. The van der Waals surface area contributed by atoms with Gasteiger partial charge in [-0.3, -0.25) is 13.8 Å². The number of hydrogen-bond donors (Lipinski definition) is 9. The second-order valence-corrected chi connectivity index (χ2v) is 8.25. The first kappa shape index (κ1) is 25.5. The Kier molecular flexibility index (Phi) is 8.68. The molecule has 16 heteroatoms. The Labute approximate surface area is 170 Å². The van der Waals surface area contributed by atoms with Crippen molar-refractivity contribution in [1.29, 1.82) is 0 Å². The summed E-state index contributed by atoms with van der Waals surface area (Å²) in [5.41, 5.74) is 0. The van der Waals surface area contributed by atoms with Crippen LogP contribution in [0.5, 0.6) is 0 Å². The largest absolute Gasteiger partial charge is 0.474 e. The van der Waals surface area contributed by atoms with Gasteiger partial charge in [0.25, 0.3) is 0 Å². The third kappa shape index (κ3) is 5.92. The molecule has 0 aliphatic carbocycles. The minimum Gasteiger partial charge on any atom is -0.394 e. The van der Waals surface area contributed by atoms with Crippen LogP contribution in [0.25, 0.3) is 0 Å². The summed E-state index contributed by atoms with van der Waals surface area (Å²) >= 11 is 0. The number of phosphoric acid groups is 1. The molecule has 30 heavy (non-hydrogen) atoms. The lowest BCUT2D eigenvalue weighted by Crippen LogP contribution is -2.64. The highest BCUT2D eigenvalue weighted by Crippen LogP contribution is 2.47. The van der Waals surface area contributed by atoms with Gasteiger partial charge in [0, 0.05) is 6.92 Å². The zero-order valence-electron chi connectivity index (χ0n) is 15.7. The van der Waals surface area contributed by atoms with E-state index in [0.717, 1.165) is 6.92 Å². The Bertz CT molecular complexity index is 638. The van der Waals surface area contributed by atoms with E-state index < -0.39 is 88.3 Å². The van der Waals surface area contributed by atoms with Gasteiger partial charge >= 0.3 is 7.82 Å². The van der Waals surface area contributed by atoms with E-state index in [4.69, 9.17) is 14.0 Å². The van der Waals surface area contributed by atoms with Crippen molar-refractivity contribution in [1.82, 2.24) is 5.32 Å². The highest BCUT2D eigenvalue weighted by atomic mass is 31.2. The molecule has 0 aromatic heterocycles. The molecule has 15 nitrogen and oxygen atoms in total. The molecule has 0 aromatic rings. The van der Waals surface area contributed by atoms with Crippen LogP contribution >= 0.6 is 7.82 Å². The summed E-state index contributed by atoms with van der Waals surface area (Å²) < 4.78 is 31.7. The second-order valence-electron chi connectivity index (χ2n) is 6.84. The maximum Gasteiger partial charge on any atom is 0.474 e. The number of ether oxygens (including phenoxy) is 2. The maximum atomic E-state index is 12.3. The first-order valence-corrected chi connectivity index (χ1v) is 10.3. The molecule has 0 saturated carbocycles. The first-order valence-electron chi connectivity index (χ1n) is 8.81. The Morgan fingerprint density at radius 3 is 2.13 bits per heavy atom. The standard InChI is InChI=1S/C14H26NO14P/c1-4(17)15-7-10(20)8(18)5(2-16)28-14(7)29-30(24,25)26-3-6-9(19)11(21)12(22)13(23)27-6/h5-14,16,18-23H,2-3H2,1H3,(H,15,17)(H,24,25)/t5-,6-,7-,8-,9-,10-,11+,12+,13?,14-/m1/s1. The van der Waals surface area contributed by atoms with Gasteiger partial charge in [-0.25, -0.2) is 4.57 Å². The summed E-state index contributed by atoms with van der Waals surface area (Å²) in [5.74, 6) is -0.695. The molecule has 176 valence electrons. The molecule has 2 saturated heterocycles. The number of nitrogens with one attached hydrogen (secondary N) is 1. The third-order valence-electron chi connectivity index (χ3n) is 4.58. The fourth-order valence-corrected chi connectivity index (χ4v) is 3.80. The van der Waals surface area contributed by atoms with Crippen molar-refractivity contribution in [3.63, 3.8) is 0 Å². The number of carbonyl (C=O) groups excluding carboxylic acids is 1.